The van der Waals surface area contributed by atoms with Crippen molar-refractivity contribution in [1.29, 1.82) is 0 Å². The van der Waals surface area contributed by atoms with Crippen LogP contribution in [-0.4, -0.2) is 89.1 Å². The number of piperazine rings is 2. The highest BCUT2D eigenvalue weighted by Gasteiger charge is 2.21. The van der Waals surface area contributed by atoms with Crippen molar-refractivity contribution in [3.63, 3.8) is 0 Å². The minimum absolute atomic E-state index is 0.0366. The van der Waals surface area contributed by atoms with Gasteiger partial charge in [-0.3, -0.25) is 4.79 Å². The highest BCUT2D eigenvalue weighted by Crippen LogP contribution is 2.31. The molecule has 0 spiro atoms. The van der Waals surface area contributed by atoms with E-state index in [9.17, 15) is 4.79 Å². The van der Waals surface area contributed by atoms with Crippen molar-refractivity contribution >= 4 is 23.2 Å². The van der Waals surface area contributed by atoms with Crippen LogP contribution in [0.15, 0.2) is 42.5 Å². The topological polar surface area (TPSA) is 39.3 Å². The monoisotopic (exact) mass is 490 g/mol. The number of benzene rings is 2. The molecule has 6 nitrogen and oxygen atoms in total. The van der Waals surface area contributed by atoms with Gasteiger partial charge >= 0.3 is 0 Å². The van der Waals surface area contributed by atoms with E-state index in [2.05, 4.69) is 72.7 Å². The molecule has 0 unspecified atom stereocenters. The smallest absolute Gasteiger partial charge is 0.189 e. The van der Waals surface area contributed by atoms with Crippen LogP contribution in [0.2, 0.25) is 0 Å². The number of allylic oxidation sites excluding steroid dienone is 1. The first-order valence-corrected chi connectivity index (χ1v) is 13.1. The molecule has 2 aliphatic heterocycles. The van der Waals surface area contributed by atoms with Crippen molar-refractivity contribution in [2.45, 2.75) is 26.2 Å². The summed E-state index contributed by atoms with van der Waals surface area (Å²) in [5.74, 6) is 0.577. The van der Waals surface area contributed by atoms with Crippen molar-refractivity contribution in [3.05, 3.63) is 59.2 Å². The van der Waals surface area contributed by atoms with E-state index in [0.29, 0.717) is 11.3 Å². The van der Waals surface area contributed by atoms with Crippen molar-refractivity contribution in [2.75, 3.05) is 83.4 Å². The summed E-state index contributed by atoms with van der Waals surface area (Å²) in [7, 11) is 5.98. The van der Waals surface area contributed by atoms with Gasteiger partial charge in [-0.1, -0.05) is 32.9 Å². The number of ether oxygens (including phenoxy) is 1. The second kappa shape index (κ2) is 11.1. The largest absolute Gasteiger partial charge is 0.496 e. The van der Waals surface area contributed by atoms with E-state index in [4.69, 9.17) is 4.74 Å². The highest BCUT2D eigenvalue weighted by molar-refractivity contribution is 6.09. The zero-order valence-electron chi connectivity index (χ0n) is 22.9. The number of ketones is 1. The first kappa shape index (κ1) is 26.2. The number of hydrogen-bond donors (Lipinski definition) is 0. The average molecular weight is 491 g/mol. The van der Waals surface area contributed by atoms with Gasteiger partial charge in [0.1, 0.15) is 5.75 Å². The van der Waals surface area contributed by atoms with Crippen LogP contribution in [0.4, 0.5) is 11.4 Å². The maximum Gasteiger partial charge on any atom is 0.189 e. The lowest BCUT2D eigenvalue weighted by atomic mass is 9.85. The molecule has 0 atom stereocenters. The van der Waals surface area contributed by atoms with Crippen molar-refractivity contribution in [1.82, 2.24) is 9.80 Å². The van der Waals surface area contributed by atoms with Crippen LogP contribution < -0.4 is 14.5 Å². The van der Waals surface area contributed by atoms with Gasteiger partial charge < -0.3 is 24.3 Å². The highest BCUT2D eigenvalue weighted by atomic mass is 16.5. The second-order valence-corrected chi connectivity index (χ2v) is 11.2. The van der Waals surface area contributed by atoms with Crippen LogP contribution >= 0.6 is 0 Å². The van der Waals surface area contributed by atoms with E-state index in [0.717, 1.165) is 63.5 Å². The predicted octanol–water partition coefficient (Wildman–Crippen LogP) is 4.39. The van der Waals surface area contributed by atoms with Gasteiger partial charge in [0.2, 0.25) is 0 Å². The molecule has 2 aliphatic rings. The molecule has 0 aliphatic carbocycles. The van der Waals surface area contributed by atoms with Crippen LogP contribution in [0.5, 0.6) is 5.75 Å². The Hall–Kier alpha value is -2.83. The first-order chi connectivity index (χ1) is 17.2. The van der Waals surface area contributed by atoms with E-state index in [-0.39, 0.29) is 11.2 Å². The van der Waals surface area contributed by atoms with Crippen LogP contribution in [0.1, 0.15) is 42.3 Å². The Bertz CT molecular complexity index is 1090. The summed E-state index contributed by atoms with van der Waals surface area (Å²) in [4.78, 5) is 23.0. The number of anilines is 2. The maximum atomic E-state index is 13.4. The number of nitrogens with zero attached hydrogens (tertiary/aromatic N) is 4. The van der Waals surface area contributed by atoms with Gasteiger partial charge in [0.15, 0.2) is 5.78 Å². The fraction of sp³-hybridized carbons (Fsp3) is 0.500. The first-order valence-electron chi connectivity index (χ1n) is 13.1. The lowest BCUT2D eigenvalue weighted by Crippen LogP contribution is -2.45. The predicted molar refractivity (Wildman–Crippen MR) is 151 cm³/mol. The van der Waals surface area contributed by atoms with Gasteiger partial charge in [0.25, 0.3) is 0 Å². The van der Waals surface area contributed by atoms with Gasteiger partial charge in [-0.2, -0.15) is 0 Å². The molecule has 2 aromatic carbocycles. The molecule has 0 radical (unpaired) electrons. The number of rotatable bonds is 6. The molecular formula is C30H42N4O2. The summed E-state index contributed by atoms with van der Waals surface area (Å²) in [5, 5.41) is 0. The van der Waals surface area contributed by atoms with Gasteiger partial charge in [-0.05, 0) is 67.1 Å². The molecule has 0 N–H and O–H groups in total. The second-order valence-electron chi connectivity index (χ2n) is 11.2. The third kappa shape index (κ3) is 6.11. The molecule has 2 saturated heterocycles. The standard InChI is InChI=1S/C30H42N4O2/c1-30(2,3)24-9-12-29(36-6)26(21-24)28(35)11-8-23-7-10-25(33-17-13-31(4)14-18-33)22-27(23)34-19-15-32(5)16-20-34/h7-12,21-22H,13-20H2,1-6H3. The zero-order valence-corrected chi connectivity index (χ0v) is 22.9. The molecule has 0 bridgehead atoms. The number of carbonyl (C=O) groups excluding carboxylic acids is 1. The SMILES string of the molecule is COc1ccc(C(C)(C)C)cc1C(=O)C=Cc1ccc(N2CCN(C)CC2)cc1N1CCN(C)CC1. The molecule has 0 saturated carbocycles. The number of hydrogen-bond acceptors (Lipinski definition) is 6. The Morgan fingerprint density at radius 2 is 1.44 bits per heavy atom. The quantitative estimate of drug-likeness (QED) is 0.442. The van der Waals surface area contributed by atoms with Crippen LogP contribution in [0.25, 0.3) is 6.08 Å². The maximum absolute atomic E-state index is 13.4. The van der Waals surface area contributed by atoms with Crippen molar-refractivity contribution in [2.24, 2.45) is 0 Å². The number of carbonyl (C=O) groups is 1. The molecule has 4 rings (SSSR count). The molecule has 6 heteroatoms. The summed E-state index contributed by atoms with van der Waals surface area (Å²) in [6, 6.07) is 12.6. The van der Waals surface area contributed by atoms with Gasteiger partial charge in [0, 0.05) is 63.7 Å². The van der Waals surface area contributed by atoms with Crippen LogP contribution in [-0.2, 0) is 5.41 Å². The van der Waals surface area contributed by atoms with Crippen molar-refractivity contribution < 1.29 is 9.53 Å². The summed E-state index contributed by atoms with van der Waals surface area (Å²) in [5.41, 5.74) is 5.24. The molecule has 2 fully saturated rings. The molecule has 2 heterocycles. The third-order valence-electron chi connectivity index (χ3n) is 7.47. The van der Waals surface area contributed by atoms with Gasteiger partial charge in [-0.25, -0.2) is 0 Å². The molecule has 0 aromatic heterocycles. The number of likely N-dealkylation sites (N-methyl/N-ethyl adjacent to an activating group) is 2. The van der Waals surface area contributed by atoms with E-state index in [1.54, 1.807) is 13.2 Å². The van der Waals surface area contributed by atoms with E-state index in [1.165, 1.54) is 11.4 Å². The molecule has 0 amide bonds. The minimum atomic E-state index is -0.0430. The van der Waals surface area contributed by atoms with E-state index < -0.39 is 0 Å². The van der Waals surface area contributed by atoms with E-state index in [1.807, 2.05) is 24.3 Å². The summed E-state index contributed by atoms with van der Waals surface area (Å²) in [6.45, 7) is 14.7. The third-order valence-corrected chi connectivity index (χ3v) is 7.47. The van der Waals surface area contributed by atoms with Crippen LogP contribution in [0.3, 0.4) is 0 Å². The Morgan fingerprint density at radius 3 is 2.03 bits per heavy atom. The Kier molecular flexibility index (Phi) is 8.06. The summed E-state index contributed by atoms with van der Waals surface area (Å²) < 4.78 is 5.53. The van der Waals surface area contributed by atoms with Gasteiger partial charge in [0.05, 0.1) is 12.7 Å². The van der Waals surface area contributed by atoms with E-state index >= 15 is 0 Å². The lowest BCUT2D eigenvalue weighted by Gasteiger charge is -2.37. The normalized spacial score (nSPS) is 18.2. The Morgan fingerprint density at radius 1 is 0.833 bits per heavy atom. The Labute approximate surface area is 217 Å². The van der Waals surface area contributed by atoms with Crippen LogP contribution in [0, 0.1) is 0 Å². The molecular weight excluding hydrogens is 448 g/mol. The molecule has 194 valence electrons. The molecule has 2 aromatic rings. The lowest BCUT2D eigenvalue weighted by molar-refractivity contribution is 0.104. The summed E-state index contributed by atoms with van der Waals surface area (Å²) in [6.07, 6.45) is 3.68. The molecule has 36 heavy (non-hydrogen) atoms. The Balaban J connectivity index is 1.64. The average Bonchev–Trinajstić information content (AvgIpc) is 2.87. The van der Waals surface area contributed by atoms with Crippen molar-refractivity contribution in [3.8, 4) is 5.75 Å². The number of methoxy groups -OCH3 is 1. The summed E-state index contributed by atoms with van der Waals surface area (Å²) >= 11 is 0. The fourth-order valence-corrected chi connectivity index (χ4v) is 4.88. The van der Waals surface area contributed by atoms with Gasteiger partial charge in [-0.15, -0.1) is 0 Å². The minimum Gasteiger partial charge on any atom is -0.496 e. The zero-order chi connectivity index (χ0) is 25.9. The fourth-order valence-electron chi connectivity index (χ4n) is 4.88.